The third-order valence-corrected chi connectivity index (χ3v) is 18.9. The maximum Gasteiger partial charge on any atom is 0.338 e. The summed E-state index contributed by atoms with van der Waals surface area (Å²) in [5.41, 5.74) is -8.80. The van der Waals surface area contributed by atoms with Crippen LogP contribution in [0.2, 0.25) is 0 Å². The molecule has 23 heteroatoms. The lowest BCUT2D eigenvalue weighted by atomic mass is 9.44. The van der Waals surface area contributed by atoms with Gasteiger partial charge in [-0.25, -0.2) is 19.2 Å². The summed E-state index contributed by atoms with van der Waals surface area (Å²) in [5, 5.41) is 53.0. The van der Waals surface area contributed by atoms with E-state index in [9.17, 15) is 63.6 Å². The molecule has 0 aromatic heterocycles. The first kappa shape index (κ1) is 65.1. The number of ketones is 1. The Bertz CT molecular complexity index is 4300. The second-order valence-electron chi connectivity index (χ2n) is 24.8. The second-order valence-corrected chi connectivity index (χ2v) is 24.8. The van der Waals surface area contributed by atoms with Crippen LogP contribution in [-0.4, -0.2) is 134 Å². The summed E-state index contributed by atoms with van der Waals surface area (Å²) >= 11 is 0. The number of esters is 5. The molecule has 486 valence electrons. The van der Waals surface area contributed by atoms with Gasteiger partial charge in [-0.2, -0.15) is 0 Å². The largest absolute Gasteiger partial charge is 0.508 e. The van der Waals surface area contributed by atoms with Gasteiger partial charge in [0.25, 0.3) is 11.8 Å². The third kappa shape index (κ3) is 11.4. The van der Waals surface area contributed by atoms with Gasteiger partial charge in [-0.1, -0.05) is 86.6 Å². The summed E-state index contributed by atoms with van der Waals surface area (Å²) in [4.78, 5) is 142. The molecule has 3 fully saturated rings. The Morgan fingerprint density at radius 2 is 1.33 bits per heavy atom. The summed E-state index contributed by atoms with van der Waals surface area (Å²) in [5.74, 6) is -11.6. The number of phenols is 1. The van der Waals surface area contributed by atoms with Gasteiger partial charge in [-0.15, -0.1) is 0 Å². The van der Waals surface area contributed by atoms with Crippen molar-refractivity contribution < 1.29 is 96.4 Å². The molecule has 11 rings (SSSR count). The smallest absolute Gasteiger partial charge is 0.338 e. The minimum atomic E-state index is -2.63. The van der Waals surface area contributed by atoms with E-state index in [1.54, 1.807) is 54.6 Å². The van der Waals surface area contributed by atoms with Gasteiger partial charge in [0.2, 0.25) is 0 Å². The summed E-state index contributed by atoms with van der Waals surface area (Å²) in [6.07, 6.45) is -12.2. The van der Waals surface area contributed by atoms with Gasteiger partial charge in [0.15, 0.2) is 29.0 Å². The average molecular weight is 1280 g/mol. The monoisotopic (exact) mass is 1280 g/mol. The van der Waals surface area contributed by atoms with Crippen molar-refractivity contribution in [2.75, 3.05) is 6.61 Å². The van der Waals surface area contributed by atoms with Crippen LogP contribution in [0, 0.1) is 16.7 Å². The van der Waals surface area contributed by atoms with Crippen LogP contribution in [0.25, 0.3) is 33.4 Å². The number of Topliss-reactive ketones (excluding diaryl/α,β-unsaturated/α-hetero) is 1. The van der Waals surface area contributed by atoms with Crippen LogP contribution in [0.5, 0.6) is 5.75 Å². The van der Waals surface area contributed by atoms with Gasteiger partial charge in [-0.3, -0.25) is 28.8 Å². The van der Waals surface area contributed by atoms with Crippen LogP contribution in [-0.2, 0) is 52.4 Å². The van der Waals surface area contributed by atoms with E-state index in [0.717, 1.165) is 19.9 Å². The number of nitrogens with one attached hydrogen (secondary N) is 2. The predicted molar refractivity (Wildman–Crippen MR) is 332 cm³/mol. The van der Waals surface area contributed by atoms with Crippen molar-refractivity contribution in [3.05, 3.63) is 195 Å². The highest BCUT2D eigenvalue weighted by Gasteiger charge is 2.79. The SMILES string of the molecule is CC(=O)O[C@H]1C(=O)[C@@]2(C)C([C@H](OC(=O)c3ccccc3)[C@]3(O)C[C@H](OC(=O)[C@H](O)[C@@H](NC(=O)c4ccccc4)c4ccccc4)C(C)=C1C3(C)C)[C@]1(OC(C)=O)CO[C@@H]1C[C@@H]2OC(=O)[C@H](C)NC(=O)c1ccc(-c2c3ccc(=O)cc-3oc3cc(O)ccc23)c(C(=O)O)c1. The minimum absolute atomic E-state index is 0.0352. The predicted octanol–water partition coefficient (Wildman–Crippen LogP) is 7.39. The number of amides is 2. The summed E-state index contributed by atoms with van der Waals surface area (Å²) < 4.78 is 43.6. The molecule has 2 aliphatic heterocycles. The topological polar surface area (TPSA) is 344 Å². The fraction of sp³-hybridized carbons (Fsp3) is 0.324. The number of carboxylic acids is 1. The molecule has 5 aromatic rings. The van der Waals surface area contributed by atoms with Crippen LogP contribution < -0.4 is 16.1 Å². The number of carbonyl (C=O) groups is 9. The maximum absolute atomic E-state index is 16.6. The molecule has 94 heavy (non-hydrogen) atoms. The van der Waals surface area contributed by atoms with E-state index in [2.05, 4.69) is 10.6 Å². The first-order valence-electron chi connectivity index (χ1n) is 30.2. The van der Waals surface area contributed by atoms with Gasteiger partial charge in [0.1, 0.15) is 53.2 Å². The molecular formula is C71H66N2O21. The van der Waals surface area contributed by atoms with Gasteiger partial charge in [0, 0.05) is 71.9 Å². The number of phenolic OH excluding ortho intramolecular Hbond substituents is 1. The van der Waals surface area contributed by atoms with E-state index in [-0.39, 0.29) is 56.1 Å². The number of aromatic carboxylic acids is 1. The highest BCUT2D eigenvalue weighted by molar-refractivity contribution is 6.09. The first-order valence-corrected chi connectivity index (χ1v) is 30.2. The Kier molecular flexibility index (Phi) is 17.3. The molecule has 2 amide bonds. The first-order chi connectivity index (χ1) is 44.6. The second kappa shape index (κ2) is 24.9. The lowest BCUT2D eigenvalue weighted by Gasteiger charge is -2.67. The zero-order valence-corrected chi connectivity index (χ0v) is 51.9. The molecule has 6 N–H and O–H groups in total. The molecule has 1 saturated heterocycles. The molecule has 4 aliphatic carbocycles. The third-order valence-electron chi connectivity index (χ3n) is 18.9. The Balaban J connectivity index is 0.985. The van der Waals surface area contributed by atoms with Crippen molar-refractivity contribution in [1.82, 2.24) is 10.6 Å². The summed E-state index contributed by atoms with van der Waals surface area (Å²) in [7, 11) is 0. The Hall–Kier alpha value is -10.4. The van der Waals surface area contributed by atoms with Crippen molar-refractivity contribution in [3.8, 4) is 28.2 Å². The number of ether oxygens (including phenoxy) is 6. The standard InChI is InChI=1S/C71H66N2O21/c1-35-51(91-67(86)57(78)56(39-17-11-8-12-18-39)73-62(80)40-19-13-9-14-20-40)33-71(87)61(93-66(85)41-21-15-10-16-22-41)59-69(7,60(79)58(89-37(3)74)55(35)68(71,5)6)52(32-53-70(59,34-88-53)94-38(4)75)92-65(84)36(2)72-63(81)42-23-26-45(48(29-42)64(82)83)54-46-27-24-43(76)30-49(46)90-50-31-44(77)25-28-47(50)54/h8-31,36,51-53,56-59,61,76,78,87H,32-34H2,1-7H3,(H,72,81)(H,73,80)(H,82,83)/t36-,51-,52-,53+,56-,57+,58+,59?,61-,69+,70-,71+/m0/s1. The molecule has 1 unspecified atom stereocenters. The highest BCUT2D eigenvalue weighted by Crippen LogP contribution is 2.65. The van der Waals surface area contributed by atoms with Gasteiger partial charge in [0.05, 0.1) is 35.1 Å². The van der Waals surface area contributed by atoms with E-state index in [4.69, 9.17) is 32.8 Å². The van der Waals surface area contributed by atoms with E-state index in [1.165, 1.54) is 120 Å². The minimum Gasteiger partial charge on any atom is -0.508 e. The van der Waals surface area contributed by atoms with Gasteiger partial charge < -0.3 is 63.9 Å². The van der Waals surface area contributed by atoms with E-state index >= 15 is 4.79 Å². The highest BCUT2D eigenvalue weighted by atomic mass is 16.6. The van der Waals surface area contributed by atoms with E-state index in [1.807, 2.05) is 0 Å². The number of rotatable bonds is 16. The number of carboxylic acid groups (broad SMARTS) is 1. The molecule has 0 radical (unpaired) electrons. The Morgan fingerprint density at radius 3 is 1.96 bits per heavy atom. The van der Waals surface area contributed by atoms with Crippen LogP contribution in [0.1, 0.15) is 114 Å². The van der Waals surface area contributed by atoms with Crippen molar-refractivity contribution in [2.24, 2.45) is 16.7 Å². The average Bonchev–Trinajstić information content (AvgIpc) is 0.668. The van der Waals surface area contributed by atoms with E-state index < -0.39 is 155 Å². The van der Waals surface area contributed by atoms with Crippen molar-refractivity contribution in [3.63, 3.8) is 0 Å². The molecule has 5 aromatic carbocycles. The van der Waals surface area contributed by atoms with Crippen LogP contribution in [0.4, 0.5) is 0 Å². The molecule has 23 nitrogen and oxygen atoms in total. The number of carbonyl (C=O) groups excluding carboxylic acids is 8. The normalized spacial score (nSPS) is 25.2. The van der Waals surface area contributed by atoms with Crippen molar-refractivity contribution >= 4 is 64.4 Å². The lowest BCUT2D eigenvalue weighted by Crippen LogP contribution is -2.82. The fourth-order valence-corrected chi connectivity index (χ4v) is 14.1. The number of fused-ring (bicyclic) bond motifs is 7. The number of benzene rings is 6. The number of hydrogen-bond donors (Lipinski definition) is 6. The van der Waals surface area contributed by atoms with Gasteiger partial charge in [-0.05, 0) is 104 Å². The molecule has 2 saturated carbocycles. The Labute approximate surface area is 536 Å². The maximum atomic E-state index is 16.6. The number of aromatic hydroxyl groups is 1. The Morgan fingerprint density at radius 1 is 0.691 bits per heavy atom. The fourth-order valence-electron chi connectivity index (χ4n) is 14.1. The lowest BCUT2D eigenvalue weighted by molar-refractivity contribution is -0.346. The number of hydrogen-bond acceptors (Lipinski definition) is 20. The molecule has 0 spiro atoms. The number of aliphatic hydroxyl groups excluding tert-OH is 1. The van der Waals surface area contributed by atoms with Crippen LogP contribution in [0.3, 0.4) is 0 Å². The molecular weight excluding hydrogens is 1220 g/mol. The molecule has 2 heterocycles. The quantitative estimate of drug-likeness (QED) is 0.0238. The van der Waals surface area contributed by atoms with Gasteiger partial charge >= 0.3 is 35.8 Å². The van der Waals surface area contributed by atoms with Crippen LogP contribution in [0.15, 0.2) is 166 Å². The zero-order valence-electron chi connectivity index (χ0n) is 51.9. The molecule has 2 bridgehead atoms. The molecule has 12 atom stereocenters. The van der Waals surface area contributed by atoms with Crippen molar-refractivity contribution in [2.45, 2.75) is 121 Å². The summed E-state index contributed by atoms with van der Waals surface area (Å²) in [6.45, 7) is 8.59. The molecule has 6 aliphatic rings. The summed E-state index contributed by atoms with van der Waals surface area (Å²) in [6, 6.07) is 32.4. The van der Waals surface area contributed by atoms with Crippen molar-refractivity contribution in [1.29, 1.82) is 0 Å². The number of aliphatic hydroxyl groups is 2. The van der Waals surface area contributed by atoms with Crippen LogP contribution >= 0.6 is 0 Å². The zero-order chi connectivity index (χ0) is 67.5. The van der Waals surface area contributed by atoms with E-state index in [0.29, 0.717) is 22.1 Å².